The second kappa shape index (κ2) is 5.82. The molecule has 1 atom stereocenters. The predicted molar refractivity (Wildman–Crippen MR) is 67.6 cm³/mol. The minimum Gasteiger partial charge on any atom is -0.337 e. The summed E-state index contributed by atoms with van der Waals surface area (Å²) in [6.07, 6.45) is 6.82. The molecule has 4 heteroatoms. The van der Waals surface area contributed by atoms with E-state index in [-0.39, 0.29) is 0 Å². The first-order valence-electron chi connectivity index (χ1n) is 5.59. The van der Waals surface area contributed by atoms with Gasteiger partial charge in [0.2, 0.25) is 0 Å². The van der Waals surface area contributed by atoms with Crippen LogP contribution in [0.4, 0.5) is 0 Å². The summed E-state index contributed by atoms with van der Waals surface area (Å²) in [4.78, 5) is 5.43. The van der Waals surface area contributed by atoms with Gasteiger partial charge in [0.1, 0.15) is 0 Å². The molecule has 0 aromatic carbocycles. The number of nitrogens with zero attached hydrogens (tertiary/aromatic N) is 2. The third-order valence-electron chi connectivity index (χ3n) is 2.57. The first kappa shape index (κ1) is 11.4. The van der Waals surface area contributed by atoms with Gasteiger partial charge in [0.15, 0.2) is 0 Å². The highest BCUT2D eigenvalue weighted by molar-refractivity contribution is 7.10. The largest absolute Gasteiger partial charge is 0.337 e. The molecule has 0 fully saturated rings. The Hall–Kier alpha value is -1.13. The Balaban J connectivity index is 1.65. The molecule has 0 aliphatic rings. The number of hydrogen-bond donors (Lipinski definition) is 1. The summed E-state index contributed by atoms with van der Waals surface area (Å²) in [5, 5.41) is 5.65. The molecule has 1 N–H and O–H groups in total. The van der Waals surface area contributed by atoms with Crippen LogP contribution in [0.15, 0.2) is 36.2 Å². The van der Waals surface area contributed by atoms with Gasteiger partial charge >= 0.3 is 0 Å². The minimum atomic E-state index is 0.461. The highest BCUT2D eigenvalue weighted by atomic mass is 32.1. The van der Waals surface area contributed by atoms with Crippen molar-refractivity contribution in [2.45, 2.75) is 25.9 Å². The van der Waals surface area contributed by atoms with Crippen LogP contribution in [0.1, 0.15) is 24.3 Å². The zero-order valence-electron chi connectivity index (χ0n) is 9.47. The summed E-state index contributed by atoms with van der Waals surface area (Å²) < 4.78 is 2.11. The van der Waals surface area contributed by atoms with E-state index >= 15 is 0 Å². The fourth-order valence-electron chi connectivity index (χ4n) is 1.64. The van der Waals surface area contributed by atoms with Gasteiger partial charge in [0.05, 0.1) is 6.33 Å². The fourth-order valence-corrected chi connectivity index (χ4v) is 2.40. The van der Waals surface area contributed by atoms with Crippen LogP contribution in [-0.4, -0.2) is 16.1 Å². The summed E-state index contributed by atoms with van der Waals surface area (Å²) in [5.74, 6) is 0. The SMILES string of the molecule is C[C@H](NCCCn1ccnc1)c1cccs1. The quantitative estimate of drug-likeness (QED) is 0.780. The molecular weight excluding hydrogens is 218 g/mol. The van der Waals surface area contributed by atoms with Gasteiger partial charge in [-0.2, -0.15) is 0 Å². The van der Waals surface area contributed by atoms with Gasteiger partial charge < -0.3 is 9.88 Å². The van der Waals surface area contributed by atoms with Crippen molar-refractivity contribution in [2.24, 2.45) is 0 Å². The molecule has 2 aromatic rings. The van der Waals surface area contributed by atoms with Crippen molar-refractivity contribution in [3.63, 3.8) is 0 Å². The van der Waals surface area contributed by atoms with Crippen molar-refractivity contribution in [1.82, 2.24) is 14.9 Å². The number of imidazole rings is 1. The molecule has 0 amide bonds. The van der Waals surface area contributed by atoms with Crippen LogP contribution >= 0.6 is 11.3 Å². The molecule has 86 valence electrons. The molecule has 16 heavy (non-hydrogen) atoms. The van der Waals surface area contributed by atoms with E-state index < -0.39 is 0 Å². The molecule has 0 bridgehead atoms. The summed E-state index contributed by atoms with van der Waals surface area (Å²) in [5.41, 5.74) is 0. The third kappa shape index (κ3) is 3.18. The zero-order chi connectivity index (χ0) is 11.2. The number of thiophene rings is 1. The van der Waals surface area contributed by atoms with Crippen LogP contribution in [0, 0.1) is 0 Å². The molecule has 0 aliphatic heterocycles. The van der Waals surface area contributed by atoms with Crippen LogP contribution in [0.25, 0.3) is 0 Å². The molecule has 0 saturated heterocycles. The summed E-state index contributed by atoms with van der Waals surface area (Å²) in [6.45, 7) is 4.28. The van der Waals surface area contributed by atoms with E-state index in [9.17, 15) is 0 Å². The lowest BCUT2D eigenvalue weighted by Gasteiger charge is -2.11. The van der Waals surface area contributed by atoms with Crippen LogP contribution in [0.3, 0.4) is 0 Å². The van der Waals surface area contributed by atoms with Crippen molar-refractivity contribution in [1.29, 1.82) is 0 Å². The van der Waals surface area contributed by atoms with Crippen molar-refractivity contribution < 1.29 is 0 Å². The molecule has 0 aliphatic carbocycles. The van der Waals surface area contributed by atoms with Gasteiger partial charge in [0.25, 0.3) is 0 Å². The molecule has 3 nitrogen and oxygen atoms in total. The number of aryl methyl sites for hydroxylation is 1. The Morgan fingerprint density at radius 2 is 2.50 bits per heavy atom. The first-order valence-corrected chi connectivity index (χ1v) is 6.47. The highest BCUT2D eigenvalue weighted by Crippen LogP contribution is 2.17. The Labute approximate surface area is 100 Å². The molecule has 0 spiro atoms. The van der Waals surface area contributed by atoms with Gasteiger partial charge in [-0.15, -0.1) is 11.3 Å². The van der Waals surface area contributed by atoms with Crippen LogP contribution < -0.4 is 5.32 Å². The fraction of sp³-hybridized carbons (Fsp3) is 0.417. The van der Waals surface area contributed by atoms with E-state index in [0.29, 0.717) is 6.04 Å². The van der Waals surface area contributed by atoms with Gasteiger partial charge in [0, 0.05) is 29.9 Å². The second-order valence-corrected chi connectivity index (χ2v) is 4.82. The first-order chi connectivity index (χ1) is 7.86. The van der Waals surface area contributed by atoms with E-state index in [2.05, 4.69) is 39.3 Å². The molecule has 2 aromatic heterocycles. The van der Waals surface area contributed by atoms with Gasteiger partial charge in [-0.25, -0.2) is 4.98 Å². The molecule has 0 saturated carbocycles. The number of nitrogens with one attached hydrogen (secondary N) is 1. The maximum absolute atomic E-state index is 4.02. The van der Waals surface area contributed by atoms with E-state index in [1.54, 1.807) is 0 Å². The molecule has 2 heterocycles. The Kier molecular flexibility index (Phi) is 4.13. The van der Waals surface area contributed by atoms with Crippen LogP contribution in [0.2, 0.25) is 0 Å². The maximum atomic E-state index is 4.02. The average Bonchev–Trinajstić information content (AvgIpc) is 2.96. The summed E-state index contributed by atoms with van der Waals surface area (Å²) in [6, 6.07) is 4.74. The molecule has 0 radical (unpaired) electrons. The maximum Gasteiger partial charge on any atom is 0.0945 e. The van der Waals surface area contributed by atoms with E-state index in [1.165, 1.54) is 4.88 Å². The van der Waals surface area contributed by atoms with Gasteiger partial charge in [-0.1, -0.05) is 6.07 Å². The normalized spacial score (nSPS) is 12.8. The molecule has 0 unspecified atom stereocenters. The standard InChI is InChI=1S/C12H17N3S/c1-11(12-4-2-9-16-12)14-5-3-7-15-8-6-13-10-15/h2,4,6,8-11,14H,3,5,7H2,1H3/t11-/m0/s1. The van der Waals surface area contributed by atoms with Crippen LogP contribution in [-0.2, 0) is 6.54 Å². The van der Waals surface area contributed by atoms with Gasteiger partial charge in [-0.3, -0.25) is 0 Å². The lowest BCUT2D eigenvalue weighted by atomic mass is 10.2. The summed E-state index contributed by atoms with van der Waals surface area (Å²) >= 11 is 1.81. The van der Waals surface area contributed by atoms with Crippen molar-refractivity contribution in [3.8, 4) is 0 Å². The molecule has 2 rings (SSSR count). The van der Waals surface area contributed by atoms with Crippen molar-refractivity contribution >= 4 is 11.3 Å². The van der Waals surface area contributed by atoms with Crippen molar-refractivity contribution in [3.05, 3.63) is 41.1 Å². The van der Waals surface area contributed by atoms with E-state index in [1.807, 2.05) is 30.1 Å². The highest BCUT2D eigenvalue weighted by Gasteiger charge is 2.04. The minimum absolute atomic E-state index is 0.461. The smallest absolute Gasteiger partial charge is 0.0945 e. The zero-order valence-corrected chi connectivity index (χ0v) is 10.3. The molecular formula is C12H17N3S. The van der Waals surface area contributed by atoms with Crippen LogP contribution in [0.5, 0.6) is 0 Å². The van der Waals surface area contributed by atoms with E-state index in [4.69, 9.17) is 0 Å². The third-order valence-corrected chi connectivity index (χ3v) is 3.63. The van der Waals surface area contributed by atoms with Crippen molar-refractivity contribution in [2.75, 3.05) is 6.54 Å². The Bertz CT molecular complexity index is 380. The predicted octanol–water partition coefficient (Wildman–Crippen LogP) is 2.69. The van der Waals surface area contributed by atoms with E-state index in [0.717, 1.165) is 19.5 Å². The lowest BCUT2D eigenvalue weighted by molar-refractivity contribution is 0.531. The topological polar surface area (TPSA) is 29.9 Å². The monoisotopic (exact) mass is 235 g/mol. The number of hydrogen-bond acceptors (Lipinski definition) is 3. The number of rotatable bonds is 6. The van der Waals surface area contributed by atoms with Gasteiger partial charge in [-0.05, 0) is 31.3 Å². The number of aromatic nitrogens is 2. The second-order valence-electron chi connectivity index (χ2n) is 3.85. The lowest BCUT2D eigenvalue weighted by Crippen LogP contribution is -2.20. The average molecular weight is 235 g/mol. The Morgan fingerprint density at radius 1 is 1.56 bits per heavy atom. The summed E-state index contributed by atoms with van der Waals surface area (Å²) in [7, 11) is 0. The Morgan fingerprint density at radius 3 is 3.19 bits per heavy atom.